The van der Waals surface area contributed by atoms with Gasteiger partial charge >= 0.3 is 0 Å². The molecule has 0 spiro atoms. The Kier molecular flexibility index (Phi) is 4.41. The van der Waals surface area contributed by atoms with E-state index in [0.29, 0.717) is 5.13 Å². The number of aromatic nitrogens is 2. The van der Waals surface area contributed by atoms with Crippen LogP contribution in [-0.2, 0) is 11.2 Å². The molecule has 4 rings (SSSR count). The molecule has 26 heavy (non-hydrogen) atoms. The number of carbonyl (C=O) groups excluding carboxylic acids is 1. The third-order valence-corrected chi connectivity index (χ3v) is 4.87. The molecule has 0 saturated carbocycles. The number of nitrogens with zero attached hydrogens (tertiary/aromatic N) is 1. The predicted octanol–water partition coefficient (Wildman–Crippen LogP) is 4.48. The number of H-pyrrole nitrogens is 1. The van der Waals surface area contributed by atoms with E-state index in [1.54, 1.807) is 7.11 Å². The molecule has 0 fully saturated rings. The first-order valence-electron chi connectivity index (χ1n) is 8.18. The molecule has 5 nitrogen and oxygen atoms in total. The van der Waals surface area contributed by atoms with Gasteiger partial charge in [-0.25, -0.2) is 4.98 Å². The quantitative estimate of drug-likeness (QED) is 0.549. The summed E-state index contributed by atoms with van der Waals surface area (Å²) in [5.41, 5.74) is 3.85. The second-order valence-electron chi connectivity index (χ2n) is 5.86. The van der Waals surface area contributed by atoms with Crippen molar-refractivity contribution in [3.63, 3.8) is 0 Å². The van der Waals surface area contributed by atoms with Crippen LogP contribution in [0.2, 0.25) is 0 Å². The van der Waals surface area contributed by atoms with Crippen molar-refractivity contribution >= 4 is 33.3 Å². The molecule has 0 bridgehead atoms. The zero-order chi connectivity index (χ0) is 17.9. The topological polar surface area (TPSA) is 67.0 Å². The first-order valence-corrected chi connectivity index (χ1v) is 9.06. The van der Waals surface area contributed by atoms with E-state index in [4.69, 9.17) is 4.74 Å². The molecule has 0 aliphatic rings. The Morgan fingerprint density at radius 3 is 3.00 bits per heavy atom. The Morgan fingerprint density at radius 1 is 1.23 bits per heavy atom. The maximum absolute atomic E-state index is 12.3. The molecule has 0 aliphatic heterocycles. The van der Waals surface area contributed by atoms with Gasteiger partial charge < -0.3 is 15.0 Å². The number of hydrogen-bond donors (Lipinski definition) is 2. The van der Waals surface area contributed by atoms with Gasteiger partial charge in [0.05, 0.1) is 19.2 Å². The van der Waals surface area contributed by atoms with E-state index >= 15 is 0 Å². The fourth-order valence-electron chi connectivity index (χ4n) is 2.87. The van der Waals surface area contributed by atoms with Crippen molar-refractivity contribution in [3.8, 4) is 17.0 Å². The fourth-order valence-corrected chi connectivity index (χ4v) is 3.60. The number of methoxy groups -OCH3 is 1. The second-order valence-corrected chi connectivity index (χ2v) is 6.72. The Hall–Kier alpha value is -3.12. The number of anilines is 1. The van der Waals surface area contributed by atoms with Gasteiger partial charge in [0.1, 0.15) is 5.75 Å². The number of nitrogens with one attached hydrogen (secondary N) is 2. The molecule has 0 saturated heterocycles. The van der Waals surface area contributed by atoms with Crippen molar-refractivity contribution in [2.45, 2.75) is 6.42 Å². The zero-order valence-electron chi connectivity index (χ0n) is 14.2. The lowest BCUT2D eigenvalue weighted by atomic mass is 10.1. The Morgan fingerprint density at radius 2 is 2.12 bits per heavy atom. The number of carbonyl (C=O) groups is 1. The normalized spacial score (nSPS) is 10.8. The van der Waals surface area contributed by atoms with Crippen molar-refractivity contribution in [1.82, 2.24) is 9.97 Å². The van der Waals surface area contributed by atoms with E-state index in [1.807, 2.05) is 54.0 Å². The van der Waals surface area contributed by atoms with Crippen LogP contribution in [0.4, 0.5) is 5.13 Å². The summed E-state index contributed by atoms with van der Waals surface area (Å²) in [6.07, 6.45) is 2.22. The Labute approximate surface area is 154 Å². The fraction of sp³-hybridized carbons (Fsp3) is 0.100. The largest absolute Gasteiger partial charge is 0.497 e. The summed E-state index contributed by atoms with van der Waals surface area (Å²) < 4.78 is 5.19. The molecule has 2 aromatic heterocycles. The van der Waals surface area contributed by atoms with E-state index in [2.05, 4.69) is 21.4 Å². The smallest absolute Gasteiger partial charge is 0.230 e. The van der Waals surface area contributed by atoms with Gasteiger partial charge in [-0.2, -0.15) is 0 Å². The summed E-state index contributed by atoms with van der Waals surface area (Å²) in [7, 11) is 1.61. The number of aromatic amines is 1. The Balaban J connectivity index is 1.49. The van der Waals surface area contributed by atoms with Crippen LogP contribution in [0.15, 0.2) is 60.1 Å². The van der Waals surface area contributed by atoms with Gasteiger partial charge in [0, 0.05) is 28.0 Å². The van der Waals surface area contributed by atoms with Crippen molar-refractivity contribution in [3.05, 3.63) is 65.7 Å². The summed E-state index contributed by atoms with van der Waals surface area (Å²) in [6, 6.07) is 15.6. The van der Waals surface area contributed by atoms with Crippen LogP contribution < -0.4 is 10.1 Å². The minimum absolute atomic E-state index is 0.0990. The summed E-state index contributed by atoms with van der Waals surface area (Å²) in [5, 5.41) is 6.54. The number of fused-ring (bicyclic) bond motifs is 1. The summed E-state index contributed by atoms with van der Waals surface area (Å²) in [4.78, 5) is 20.1. The maximum Gasteiger partial charge on any atom is 0.230 e. The first kappa shape index (κ1) is 16.4. The van der Waals surface area contributed by atoms with Crippen LogP contribution in [0.1, 0.15) is 5.56 Å². The standard InChI is InChI=1S/C20H17N3O2S/c1-25-14-6-4-5-13(9-14)10-19(24)23-20-22-18(12-26-20)16-11-21-17-8-3-2-7-15(16)17/h2-9,11-12,21H,10H2,1H3,(H,22,23,24). The molecule has 4 aromatic rings. The van der Waals surface area contributed by atoms with E-state index in [0.717, 1.165) is 33.5 Å². The molecule has 0 atom stereocenters. The van der Waals surface area contributed by atoms with Crippen LogP contribution in [-0.4, -0.2) is 23.0 Å². The van der Waals surface area contributed by atoms with Crippen LogP contribution in [0.25, 0.3) is 22.2 Å². The highest BCUT2D eigenvalue weighted by molar-refractivity contribution is 7.14. The number of thiazole rings is 1. The highest BCUT2D eigenvalue weighted by Gasteiger charge is 2.12. The maximum atomic E-state index is 12.3. The minimum Gasteiger partial charge on any atom is -0.497 e. The highest BCUT2D eigenvalue weighted by atomic mass is 32.1. The second kappa shape index (κ2) is 7.01. The van der Waals surface area contributed by atoms with Gasteiger partial charge in [0.15, 0.2) is 5.13 Å². The number of ether oxygens (including phenoxy) is 1. The van der Waals surface area contributed by atoms with Gasteiger partial charge in [0.25, 0.3) is 0 Å². The van der Waals surface area contributed by atoms with Crippen molar-refractivity contribution in [1.29, 1.82) is 0 Å². The van der Waals surface area contributed by atoms with Gasteiger partial charge in [-0.15, -0.1) is 11.3 Å². The van der Waals surface area contributed by atoms with Crippen LogP contribution in [0.3, 0.4) is 0 Å². The SMILES string of the molecule is COc1cccc(CC(=O)Nc2nc(-c3c[nH]c4ccccc34)cs2)c1. The summed E-state index contributed by atoms with van der Waals surface area (Å²) in [6.45, 7) is 0. The number of amides is 1. The van der Waals surface area contributed by atoms with E-state index in [-0.39, 0.29) is 12.3 Å². The van der Waals surface area contributed by atoms with Gasteiger partial charge in [-0.05, 0) is 23.8 Å². The molecule has 1 amide bonds. The summed E-state index contributed by atoms with van der Waals surface area (Å²) >= 11 is 1.42. The van der Waals surface area contributed by atoms with Gasteiger partial charge in [-0.3, -0.25) is 4.79 Å². The molecule has 130 valence electrons. The lowest BCUT2D eigenvalue weighted by Gasteiger charge is -2.04. The third-order valence-electron chi connectivity index (χ3n) is 4.11. The van der Waals surface area contributed by atoms with Gasteiger partial charge in [0.2, 0.25) is 5.91 Å². The lowest BCUT2D eigenvalue weighted by Crippen LogP contribution is -2.14. The number of benzene rings is 2. The zero-order valence-corrected chi connectivity index (χ0v) is 15.0. The monoisotopic (exact) mass is 363 g/mol. The Bertz CT molecular complexity index is 1070. The lowest BCUT2D eigenvalue weighted by molar-refractivity contribution is -0.115. The van der Waals surface area contributed by atoms with E-state index in [1.165, 1.54) is 11.3 Å². The molecular formula is C20H17N3O2S. The molecule has 0 radical (unpaired) electrons. The third kappa shape index (κ3) is 3.32. The molecule has 6 heteroatoms. The average molecular weight is 363 g/mol. The molecule has 2 heterocycles. The van der Waals surface area contributed by atoms with Crippen LogP contribution in [0.5, 0.6) is 5.75 Å². The molecule has 0 unspecified atom stereocenters. The van der Waals surface area contributed by atoms with Gasteiger partial charge in [-0.1, -0.05) is 30.3 Å². The number of hydrogen-bond acceptors (Lipinski definition) is 4. The first-order chi connectivity index (χ1) is 12.7. The van der Waals surface area contributed by atoms with Crippen molar-refractivity contribution < 1.29 is 9.53 Å². The highest BCUT2D eigenvalue weighted by Crippen LogP contribution is 2.30. The summed E-state index contributed by atoms with van der Waals surface area (Å²) in [5.74, 6) is 0.643. The van der Waals surface area contributed by atoms with Crippen LogP contribution in [0, 0.1) is 0 Å². The molecule has 0 aliphatic carbocycles. The van der Waals surface area contributed by atoms with E-state index in [9.17, 15) is 4.79 Å². The number of rotatable bonds is 5. The minimum atomic E-state index is -0.0990. The molecule has 2 aromatic carbocycles. The average Bonchev–Trinajstić information content (AvgIpc) is 3.28. The van der Waals surface area contributed by atoms with Crippen molar-refractivity contribution in [2.24, 2.45) is 0 Å². The van der Waals surface area contributed by atoms with Crippen molar-refractivity contribution in [2.75, 3.05) is 12.4 Å². The molecule has 2 N–H and O–H groups in total. The van der Waals surface area contributed by atoms with Crippen LogP contribution >= 0.6 is 11.3 Å². The van der Waals surface area contributed by atoms with E-state index < -0.39 is 0 Å². The predicted molar refractivity (Wildman–Crippen MR) is 105 cm³/mol. The number of para-hydroxylation sites is 1. The molecular weight excluding hydrogens is 346 g/mol.